The molecule has 1 aliphatic rings. The van der Waals surface area contributed by atoms with E-state index in [9.17, 15) is 9.59 Å². The number of hydrogen-bond donors (Lipinski definition) is 0. The lowest BCUT2D eigenvalue weighted by Crippen LogP contribution is -2.29. The van der Waals surface area contributed by atoms with Crippen LogP contribution < -0.4 is 4.90 Å². The van der Waals surface area contributed by atoms with E-state index < -0.39 is 0 Å². The molecule has 13 heavy (non-hydrogen) atoms. The highest BCUT2D eigenvalue weighted by Gasteiger charge is 2.27. The zero-order valence-corrected chi connectivity index (χ0v) is 7.54. The molecule has 6 heteroatoms. The Bertz CT molecular complexity index is 392. The summed E-state index contributed by atoms with van der Waals surface area (Å²) in [7, 11) is 0. The Morgan fingerprint density at radius 3 is 2.31 bits per heavy atom. The first kappa shape index (κ1) is 8.06. The molecule has 2 heterocycles. The molecule has 1 aromatic heterocycles. The van der Waals surface area contributed by atoms with Gasteiger partial charge in [0.1, 0.15) is 5.01 Å². The number of carbonyl (C=O) groups is 2. The molecule has 0 fully saturated rings. The van der Waals surface area contributed by atoms with Gasteiger partial charge < -0.3 is 0 Å². The molecule has 2 rings (SSSR count). The van der Waals surface area contributed by atoms with Crippen LogP contribution in [0.2, 0.25) is 0 Å². The van der Waals surface area contributed by atoms with E-state index in [1.54, 1.807) is 6.92 Å². The van der Waals surface area contributed by atoms with E-state index in [0.717, 1.165) is 9.91 Å². The Kier molecular flexibility index (Phi) is 1.70. The molecule has 5 nitrogen and oxygen atoms in total. The van der Waals surface area contributed by atoms with Crippen molar-refractivity contribution >= 4 is 28.3 Å². The molecule has 1 aliphatic heterocycles. The van der Waals surface area contributed by atoms with Gasteiger partial charge in [0.15, 0.2) is 0 Å². The molecule has 0 bridgehead atoms. The topological polar surface area (TPSA) is 63.2 Å². The first-order chi connectivity index (χ1) is 6.18. The predicted molar refractivity (Wildman–Crippen MR) is 46.3 cm³/mol. The Balaban J connectivity index is 2.37. The molecule has 0 aromatic carbocycles. The van der Waals surface area contributed by atoms with Gasteiger partial charge in [-0.3, -0.25) is 9.59 Å². The van der Waals surface area contributed by atoms with Crippen LogP contribution in [-0.2, 0) is 9.59 Å². The number of imide groups is 1. The van der Waals surface area contributed by atoms with Gasteiger partial charge in [0.05, 0.1) is 0 Å². The summed E-state index contributed by atoms with van der Waals surface area (Å²) >= 11 is 1.21. The van der Waals surface area contributed by atoms with Crippen LogP contribution in [0, 0.1) is 6.92 Å². The Morgan fingerprint density at radius 2 is 1.85 bits per heavy atom. The first-order valence-electron chi connectivity index (χ1n) is 3.55. The van der Waals surface area contributed by atoms with Gasteiger partial charge in [0.2, 0.25) is 5.13 Å². The quantitative estimate of drug-likeness (QED) is 0.603. The Hall–Kier alpha value is -1.56. The van der Waals surface area contributed by atoms with E-state index in [1.165, 1.54) is 23.5 Å². The number of nitrogens with zero attached hydrogens (tertiary/aromatic N) is 3. The number of anilines is 1. The number of amides is 2. The summed E-state index contributed by atoms with van der Waals surface area (Å²) in [5.74, 6) is -0.720. The van der Waals surface area contributed by atoms with Crippen molar-refractivity contribution in [2.75, 3.05) is 4.90 Å². The highest BCUT2D eigenvalue weighted by molar-refractivity contribution is 7.15. The van der Waals surface area contributed by atoms with Gasteiger partial charge in [-0.15, -0.1) is 10.2 Å². The monoisotopic (exact) mass is 195 g/mol. The third kappa shape index (κ3) is 1.25. The van der Waals surface area contributed by atoms with Gasteiger partial charge in [0, 0.05) is 12.2 Å². The molecule has 66 valence electrons. The van der Waals surface area contributed by atoms with E-state index in [-0.39, 0.29) is 11.8 Å². The van der Waals surface area contributed by atoms with Crippen LogP contribution >= 0.6 is 11.3 Å². The first-order valence-corrected chi connectivity index (χ1v) is 4.36. The average molecular weight is 195 g/mol. The van der Waals surface area contributed by atoms with Crippen molar-refractivity contribution in [2.24, 2.45) is 0 Å². The van der Waals surface area contributed by atoms with E-state index in [0.29, 0.717) is 5.13 Å². The number of rotatable bonds is 1. The summed E-state index contributed by atoms with van der Waals surface area (Å²) in [6, 6.07) is 0. The van der Waals surface area contributed by atoms with Gasteiger partial charge in [-0.2, -0.15) is 0 Å². The summed E-state index contributed by atoms with van der Waals surface area (Å²) < 4.78 is 0. The van der Waals surface area contributed by atoms with Gasteiger partial charge >= 0.3 is 0 Å². The second-order valence-electron chi connectivity index (χ2n) is 2.45. The van der Waals surface area contributed by atoms with Crippen LogP contribution in [0.1, 0.15) is 5.01 Å². The smallest absolute Gasteiger partial charge is 0.260 e. The maximum atomic E-state index is 11.2. The Morgan fingerprint density at radius 1 is 1.23 bits per heavy atom. The molecular formula is C7H5N3O2S. The molecule has 0 unspecified atom stereocenters. The largest absolute Gasteiger partial charge is 0.269 e. The van der Waals surface area contributed by atoms with Crippen LogP contribution in [0.3, 0.4) is 0 Å². The summed E-state index contributed by atoms with van der Waals surface area (Å²) in [6.07, 6.45) is 2.44. The van der Waals surface area contributed by atoms with Crippen molar-refractivity contribution in [1.29, 1.82) is 0 Å². The van der Waals surface area contributed by atoms with Crippen molar-refractivity contribution < 1.29 is 9.59 Å². The predicted octanol–water partition coefficient (Wildman–Crippen LogP) is 0.276. The third-order valence-electron chi connectivity index (χ3n) is 1.52. The number of carbonyl (C=O) groups excluding carboxylic acids is 2. The minimum absolute atomic E-state index is 0.331. The minimum Gasteiger partial charge on any atom is -0.269 e. The lowest BCUT2D eigenvalue weighted by atomic mass is 10.6. The van der Waals surface area contributed by atoms with Crippen molar-refractivity contribution in [3.8, 4) is 0 Å². The second kappa shape index (κ2) is 2.74. The van der Waals surface area contributed by atoms with Crippen molar-refractivity contribution in [3.63, 3.8) is 0 Å². The maximum Gasteiger partial charge on any atom is 0.260 e. The van der Waals surface area contributed by atoms with Crippen LogP contribution in [0.5, 0.6) is 0 Å². The van der Waals surface area contributed by atoms with E-state index >= 15 is 0 Å². The molecular weight excluding hydrogens is 190 g/mol. The normalized spacial score (nSPS) is 15.9. The van der Waals surface area contributed by atoms with Crippen LogP contribution in [-0.4, -0.2) is 22.0 Å². The van der Waals surface area contributed by atoms with Crippen LogP contribution in [0.4, 0.5) is 5.13 Å². The summed E-state index contributed by atoms with van der Waals surface area (Å²) in [6.45, 7) is 1.76. The van der Waals surface area contributed by atoms with Gasteiger partial charge in [-0.25, -0.2) is 4.90 Å². The fourth-order valence-corrected chi connectivity index (χ4v) is 1.66. The van der Waals surface area contributed by atoms with Gasteiger partial charge in [-0.05, 0) is 6.92 Å². The zero-order valence-electron chi connectivity index (χ0n) is 6.72. The third-order valence-corrected chi connectivity index (χ3v) is 2.34. The van der Waals surface area contributed by atoms with E-state index in [1.807, 2.05) is 0 Å². The van der Waals surface area contributed by atoms with Gasteiger partial charge in [0.25, 0.3) is 11.8 Å². The molecule has 2 amide bonds. The number of hydrogen-bond acceptors (Lipinski definition) is 5. The highest BCUT2D eigenvalue weighted by atomic mass is 32.1. The summed E-state index contributed by atoms with van der Waals surface area (Å²) in [5.41, 5.74) is 0. The SMILES string of the molecule is Cc1nnc(N2C(=O)C=CC2=O)s1. The Labute approximate surface area is 77.7 Å². The molecule has 0 saturated heterocycles. The molecule has 1 aromatic rings. The zero-order chi connectivity index (χ0) is 9.42. The van der Waals surface area contributed by atoms with E-state index in [4.69, 9.17) is 0 Å². The minimum atomic E-state index is -0.360. The van der Waals surface area contributed by atoms with Gasteiger partial charge in [-0.1, -0.05) is 11.3 Å². The van der Waals surface area contributed by atoms with Crippen LogP contribution in [0.25, 0.3) is 0 Å². The number of aromatic nitrogens is 2. The molecule has 0 saturated carbocycles. The summed E-state index contributed by atoms with van der Waals surface area (Å²) in [5, 5.41) is 8.49. The highest BCUT2D eigenvalue weighted by Crippen LogP contribution is 2.22. The lowest BCUT2D eigenvalue weighted by Gasteiger charge is -2.06. The lowest BCUT2D eigenvalue weighted by molar-refractivity contribution is -0.119. The second-order valence-corrected chi connectivity index (χ2v) is 3.61. The molecule has 0 aliphatic carbocycles. The van der Waals surface area contributed by atoms with Crippen molar-refractivity contribution in [3.05, 3.63) is 17.2 Å². The average Bonchev–Trinajstić information content (AvgIpc) is 2.60. The maximum absolute atomic E-state index is 11.2. The standard InChI is InChI=1S/C7H5N3O2S/c1-4-8-9-7(13-4)10-5(11)2-3-6(10)12/h2-3H,1H3. The van der Waals surface area contributed by atoms with Crippen molar-refractivity contribution in [1.82, 2.24) is 10.2 Å². The van der Waals surface area contributed by atoms with Crippen LogP contribution in [0.15, 0.2) is 12.2 Å². The number of aryl methyl sites for hydroxylation is 1. The van der Waals surface area contributed by atoms with Crippen molar-refractivity contribution in [2.45, 2.75) is 6.92 Å². The fraction of sp³-hybridized carbons (Fsp3) is 0.143. The molecule has 0 spiro atoms. The molecule has 0 N–H and O–H groups in total. The van der Waals surface area contributed by atoms with E-state index in [2.05, 4.69) is 10.2 Å². The summed E-state index contributed by atoms with van der Waals surface area (Å²) in [4.78, 5) is 23.3. The fourth-order valence-electron chi connectivity index (χ4n) is 0.965. The molecule has 0 atom stereocenters. The molecule has 0 radical (unpaired) electrons.